The Morgan fingerprint density at radius 2 is 2.50 bits per heavy atom. The van der Waals surface area contributed by atoms with Crippen LogP contribution in [0.4, 0.5) is 0 Å². The molecule has 0 amide bonds. The van der Waals surface area contributed by atoms with Gasteiger partial charge in [-0.05, 0) is 20.4 Å². The molecule has 1 aliphatic rings. The third kappa shape index (κ3) is 0.797. The first kappa shape index (κ1) is 7.48. The summed E-state index contributed by atoms with van der Waals surface area (Å²) in [5, 5.41) is 3.03. The molecule has 1 rings (SSSR count). The molecule has 10 heavy (non-hydrogen) atoms. The fourth-order valence-electron chi connectivity index (χ4n) is 1.44. The van der Waals surface area contributed by atoms with Crippen molar-refractivity contribution >= 4 is 5.78 Å². The van der Waals surface area contributed by atoms with Crippen LogP contribution in [0.5, 0.6) is 0 Å². The number of likely N-dealkylation sites (N-methyl/N-ethyl adjacent to an activating group) is 1. The highest BCUT2D eigenvalue weighted by atomic mass is 16.1. The van der Waals surface area contributed by atoms with Gasteiger partial charge in [0.15, 0.2) is 0 Å². The molecule has 2 nitrogen and oxygen atoms in total. The molecule has 0 unspecified atom stereocenters. The SMILES string of the molecule is C=C[C@@H]1C[C@]1(NC)C(C)=O. The molecule has 0 radical (unpaired) electrons. The van der Waals surface area contributed by atoms with Crippen molar-refractivity contribution in [3.63, 3.8) is 0 Å². The number of hydrogen-bond acceptors (Lipinski definition) is 2. The molecule has 1 fully saturated rings. The van der Waals surface area contributed by atoms with Crippen LogP contribution in [0.2, 0.25) is 0 Å². The average Bonchev–Trinajstić information content (AvgIpc) is 2.62. The fraction of sp³-hybridized carbons (Fsp3) is 0.625. The second kappa shape index (κ2) is 2.20. The second-order valence-electron chi connectivity index (χ2n) is 2.82. The maximum absolute atomic E-state index is 11.0. The highest BCUT2D eigenvalue weighted by Gasteiger charge is 2.55. The molecule has 0 aliphatic heterocycles. The number of ketones is 1. The van der Waals surface area contributed by atoms with E-state index in [2.05, 4.69) is 11.9 Å². The molecular formula is C8H13NO. The summed E-state index contributed by atoms with van der Waals surface area (Å²) < 4.78 is 0. The summed E-state index contributed by atoms with van der Waals surface area (Å²) in [4.78, 5) is 11.0. The predicted molar refractivity (Wildman–Crippen MR) is 40.8 cm³/mol. The van der Waals surface area contributed by atoms with Gasteiger partial charge in [-0.3, -0.25) is 4.79 Å². The Morgan fingerprint density at radius 3 is 2.60 bits per heavy atom. The highest BCUT2D eigenvalue weighted by molar-refractivity contribution is 5.90. The van der Waals surface area contributed by atoms with Crippen LogP contribution in [0, 0.1) is 5.92 Å². The minimum atomic E-state index is -0.248. The second-order valence-corrected chi connectivity index (χ2v) is 2.82. The van der Waals surface area contributed by atoms with Crippen LogP contribution in [0.15, 0.2) is 12.7 Å². The van der Waals surface area contributed by atoms with Crippen molar-refractivity contribution in [3.05, 3.63) is 12.7 Å². The van der Waals surface area contributed by atoms with E-state index in [9.17, 15) is 4.79 Å². The monoisotopic (exact) mass is 139 g/mol. The first-order valence-electron chi connectivity index (χ1n) is 3.50. The van der Waals surface area contributed by atoms with Crippen molar-refractivity contribution in [2.75, 3.05) is 7.05 Å². The van der Waals surface area contributed by atoms with E-state index in [1.165, 1.54) is 0 Å². The minimum absolute atomic E-state index is 0.222. The number of hydrogen-bond donors (Lipinski definition) is 1. The Kier molecular flexibility index (Phi) is 1.65. The molecule has 2 heteroatoms. The first-order chi connectivity index (χ1) is 4.67. The summed E-state index contributed by atoms with van der Waals surface area (Å²) in [5.74, 6) is 0.579. The van der Waals surface area contributed by atoms with Crippen molar-refractivity contribution in [2.45, 2.75) is 18.9 Å². The van der Waals surface area contributed by atoms with Crippen LogP contribution < -0.4 is 5.32 Å². The van der Waals surface area contributed by atoms with Gasteiger partial charge in [-0.15, -0.1) is 6.58 Å². The number of rotatable bonds is 3. The summed E-state index contributed by atoms with van der Waals surface area (Å²) in [6.45, 7) is 5.28. The Hall–Kier alpha value is -0.630. The lowest BCUT2D eigenvalue weighted by molar-refractivity contribution is -0.120. The Labute approximate surface area is 61.3 Å². The third-order valence-corrected chi connectivity index (χ3v) is 2.37. The molecule has 56 valence electrons. The largest absolute Gasteiger partial charge is 0.308 e. The molecule has 0 aromatic rings. The zero-order valence-corrected chi connectivity index (χ0v) is 6.48. The molecule has 0 aromatic carbocycles. The van der Waals surface area contributed by atoms with Gasteiger partial charge in [0.2, 0.25) is 0 Å². The van der Waals surface area contributed by atoms with Crippen LogP contribution in [0.3, 0.4) is 0 Å². The summed E-state index contributed by atoms with van der Waals surface area (Å²) >= 11 is 0. The summed E-state index contributed by atoms with van der Waals surface area (Å²) in [5.41, 5.74) is -0.248. The quantitative estimate of drug-likeness (QED) is 0.584. The van der Waals surface area contributed by atoms with Crippen LogP contribution in [0.1, 0.15) is 13.3 Å². The molecule has 0 bridgehead atoms. The molecule has 0 heterocycles. The van der Waals surface area contributed by atoms with Crippen LogP contribution in [-0.4, -0.2) is 18.4 Å². The Balaban J connectivity index is 2.67. The lowest BCUT2D eigenvalue weighted by Gasteiger charge is -2.09. The molecule has 0 spiro atoms. The molecule has 1 aliphatic carbocycles. The van der Waals surface area contributed by atoms with Gasteiger partial charge >= 0.3 is 0 Å². The normalized spacial score (nSPS) is 37.2. The van der Waals surface area contributed by atoms with Crippen molar-refractivity contribution < 1.29 is 4.79 Å². The van der Waals surface area contributed by atoms with Gasteiger partial charge in [-0.1, -0.05) is 6.08 Å². The summed E-state index contributed by atoms with van der Waals surface area (Å²) in [6, 6.07) is 0. The molecule has 0 saturated heterocycles. The van der Waals surface area contributed by atoms with E-state index in [0.29, 0.717) is 5.92 Å². The van der Waals surface area contributed by atoms with E-state index >= 15 is 0 Å². The van der Waals surface area contributed by atoms with Crippen molar-refractivity contribution in [2.24, 2.45) is 5.92 Å². The van der Waals surface area contributed by atoms with Crippen LogP contribution in [-0.2, 0) is 4.79 Å². The van der Waals surface area contributed by atoms with E-state index < -0.39 is 0 Å². The molecular weight excluding hydrogens is 126 g/mol. The predicted octanol–water partition coefficient (Wildman–Crippen LogP) is 0.739. The number of carbonyl (C=O) groups excluding carboxylic acids is 1. The van der Waals surface area contributed by atoms with E-state index in [1.807, 2.05) is 13.1 Å². The standard InChI is InChI=1S/C8H13NO/c1-4-7-5-8(7,9-3)6(2)10/h4,7,9H,1,5H2,2-3H3/t7-,8+/m1/s1. The summed E-state index contributed by atoms with van der Waals surface area (Å²) in [7, 11) is 1.82. The molecule has 0 aromatic heterocycles. The van der Waals surface area contributed by atoms with E-state index in [0.717, 1.165) is 6.42 Å². The van der Waals surface area contributed by atoms with E-state index in [4.69, 9.17) is 0 Å². The van der Waals surface area contributed by atoms with Gasteiger partial charge in [0.1, 0.15) is 5.78 Å². The lowest BCUT2D eigenvalue weighted by atomic mass is 10.1. The smallest absolute Gasteiger partial charge is 0.150 e. The molecule has 2 atom stereocenters. The van der Waals surface area contributed by atoms with Gasteiger partial charge in [0.25, 0.3) is 0 Å². The fourth-order valence-corrected chi connectivity index (χ4v) is 1.44. The number of Topliss-reactive ketones (excluding diaryl/α,β-unsaturated/α-hetero) is 1. The van der Waals surface area contributed by atoms with Crippen LogP contribution >= 0.6 is 0 Å². The van der Waals surface area contributed by atoms with Gasteiger partial charge in [-0.25, -0.2) is 0 Å². The Bertz CT molecular complexity index is 176. The van der Waals surface area contributed by atoms with Crippen LogP contribution in [0.25, 0.3) is 0 Å². The topological polar surface area (TPSA) is 29.1 Å². The summed E-state index contributed by atoms with van der Waals surface area (Å²) in [6.07, 6.45) is 2.76. The molecule has 1 saturated carbocycles. The maximum Gasteiger partial charge on any atom is 0.150 e. The van der Waals surface area contributed by atoms with Crippen molar-refractivity contribution in [3.8, 4) is 0 Å². The lowest BCUT2D eigenvalue weighted by Crippen LogP contribution is -2.36. The number of carbonyl (C=O) groups is 1. The van der Waals surface area contributed by atoms with E-state index in [1.54, 1.807) is 6.92 Å². The van der Waals surface area contributed by atoms with Crippen molar-refractivity contribution in [1.29, 1.82) is 0 Å². The van der Waals surface area contributed by atoms with Gasteiger partial charge in [0, 0.05) is 5.92 Å². The third-order valence-electron chi connectivity index (χ3n) is 2.37. The minimum Gasteiger partial charge on any atom is -0.308 e. The molecule has 1 N–H and O–H groups in total. The van der Waals surface area contributed by atoms with E-state index in [-0.39, 0.29) is 11.3 Å². The first-order valence-corrected chi connectivity index (χ1v) is 3.50. The maximum atomic E-state index is 11.0. The van der Waals surface area contributed by atoms with Gasteiger partial charge < -0.3 is 5.32 Å². The van der Waals surface area contributed by atoms with Crippen molar-refractivity contribution in [1.82, 2.24) is 5.32 Å². The zero-order chi connectivity index (χ0) is 7.78. The highest BCUT2D eigenvalue weighted by Crippen LogP contribution is 2.44. The number of nitrogens with one attached hydrogen (secondary N) is 1. The Morgan fingerprint density at radius 1 is 1.90 bits per heavy atom. The average molecular weight is 139 g/mol. The van der Waals surface area contributed by atoms with Gasteiger partial charge in [-0.2, -0.15) is 0 Å². The zero-order valence-electron chi connectivity index (χ0n) is 6.48. The van der Waals surface area contributed by atoms with Gasteiger partial charge in [0.05, 0.1) is 5.54 Å².